The molecule has 0 saturated heterocycles. The Bertz CT molecular complexity index is 743. The van der Waals surface area contributed by atoms with Crippen LogP contribution in [-0.2, 0) is 0 Å². The topological polar surface area (TPSA) is 52.0 Å². The maximum absolute atomic E-state index is 13.3. The average molecular weight is 277 g/mol. The predicted octanol–water partition coefficient (Wildman–Crippen LogP) is 4.18. The number of fused-ring (bicyclic) bond motifs is 1. The number of nitrogens with two attached hydrogens (primary N) is 1. The van der Waals surface area contributed by atoms with Gasteiger partial charge in [0.05, 0.1) is 5.02 Å². The van der Waals surface area contributed by atoms with E-state index in [0.29, 0.717) is 22.7 Å². The Morgan fingerprint density at radius 1 is 1.26 bits per heavy atom. The number of aryl methyl sites for hydroxylation is 1. The van der Waals surface area contributed by atoms with Gasteiger partial charge in [-0.2, -0.15) is 0 Å². The molecule has 5 heteroatoms. The van der Waals surface area contributed by atoms with E-state index >= 15 is 0 Å². The Kier molecular flexibility index (Phi) is 2.68. The molecule has 0 radical (unpaired) electrons. The molecule has 0 fully saturated rings. The zero-order valence-corrected chi connectivity index (χ0v) is 10.8. The second-order valence-corrected chi connectivity index (χ2v) is 4.73. The van der Waals surface area contributed by atoms with E-state index in [4.69, 9.17) is 21.8 Å². The number of hydrogen-bond donors (Lipinski definition) is 1. The first-order valence-corrected chi connectivity index (χ1v) is 6.04. The molecular weight excluding hydrogens is 267 g/mol. The van der Waals surface area contributed by atoms with Crippen molar-refractivity contribution < 1.29 is 8.81 Å². The molecule has 96 valence electrons. The van der Waals surface area contributed by atoms with Crippen molar-refractivity contribution in [3.63, 3.8) is 0 Å². The van der Waals surface area contributed by atoms with Crippen LogP contribution in [-0.4, -0.2) is 4.98 Å². The van der Waals surface area contributed by atoms with Crippen LogP contribution >= 0.6 is 11.6 Å². The normalized spacial score (nSPS) is 11.1. The zero-order valence-electron chi connectivity index (χ0n) is 10.1. The van der Waals surface area contributed by atoms with Crippen LogP contribution in [0.4, 0.5) is 10.1 Å². The molecule has 0 saturated carbocycles. The van der Waals surface area contributed by atoms with Crippen molar-refractivity contribution in [1.82, 2.24) is 4.98 Å². The van der Waals surface area contributed by atoms with Gasteiger partial charge in [-0.05, 0) is 36.8 Å². The molecule has 1 heterocycles. The van der Waals surface area contributed by atoms with Crippen molar-refractivity contribution in [3.8, 4) is 11.5 Å². The van der Waals surface area contributed by atoms with Gasteiger partial charge in [-0.15, -0.1) is 0 Å². The lowest BCUT2D eigenvalue weighted by atomic mass is 10.1. The molecule has 3 nitrogen and oxygen atoms in total. The van der Waals surface area contributed by atoms with Crippen molar-refractivity contribution in [2.45, 2.75) is 6.92 Å². The molecule has 0 aliphatic rings. The number of halogens is 2. The summed E-state index contributed by atoms with van der Waals surface area (Å²) in [5.74, 6) is -0.106. The molecule has 1 aromatic heterocycles. The Morgan fingerprint density at radius 2 is 2.05 bits per heavy atom. The van der Waals surface area contributed by atoms with Gasteiger partial charge in [0, 0.05) is 17.3 Å². The summed E-state index contributed by atoms with van der Waals surface area (Å²) in [7, 11) is 0. The Balaban J connectivity index is 2.17. The fraction of sp³-hybridized carbons (Fsp3) is 0.0714. The molecule has 0 atom stereocenters. The molecule has 2 aromatic carbocycles. The lowest BCUT2D eigenvalue weighted by Crippen LogP contribution is -1.89. The highest BCUT2D eigenvalue weighted by molar-refractivity contribution is 6.31. The highest BCUT2D eigenvalue weighted by Gasteiger charge is 2.12. The molecule has 0 aliphatic carbocycles. The number of nitrogen functional groups attached to an aromatic ring is 1. The van der Waals surface area contributed by atoms with Gasteiger partial charge < -0.3 is 10.2 Å². The number of rotatable bonds is 1. The summed E-state index contributed by atoms with van der Waals surface area (Å²) in [6, 6.07) is 8.15. The number of benzene rings is 2. The molecule has 0 bridgehead atoms. The largest absolute Gasteiger partial charge is 0.436 e. The second-order valence-electron chi connectivity index (χ2n) is 4.32. The highest BCUT2D eigenvalue weighted by Crippen LogP contribution is 2.29. The van der Waals surface area contributed by atoms with Gasteiger partial charge in [-0.25, -0.2) is 9.37 Å². The van der Waals surface area contributed by atoms with Crippen LogP contribution in [0.5, 0.6) is 0 Å². The van der Waals surface area contributed by atoms with Gasteiger partial charge in [-0.1, -0.05) is 11.6 Å². The van der Waals surface area contributed by atoms with Gasteiger partial charge in [0.15, 0.2) is 5.58 Å². The van der Waals surface area contributed by atoms with E-state index in [2.05, 4.69) is 4.98 Å². The SMILES string of the molecule is Cc1cc(-c2nc3cc(Cl)c(F)cc3o2)ccc1N. The van der Waals surface area contributed by atoms with E-state index in [1.54, 1.807) is 6.07 Å². The smallest absolute Gasteiger partial charge is 0.227 e. The summed E-state index contributed by atoms with van der Waals surface area (Å²) < 4.78 is 18.9. The third-order valence-corrected chi connectivity index (χ3v) is 3.24. The molecule has 0 unspecified atom stereocenters. The van der Waals surface area contributed by atoms with Gasteiger partial charge in [0.2, 0.25) is 5.89 Å². The molecule has 19 heavy (non-hydrogen) atoms. The van der Waals surface area contributed by atoms with Crippen LogP contribution in [0.1, 0.15) is 5.56 Å². The standard InChI is InChI=1S/C14H10ClFN2O/c1-7-4-8(2-3-11(7)17)14-18-12-5-9(15)10(16)6-13(12)19-14/h2-6H,17H2,1H3. The van der Waals surface area contributed by atoms with Gasteiger partial charge in [0.1, 0.15) is 11.3 Å². The van der Waals surface area contributed by atoms with Crippen molar-refractivity contribution in [2.24, 2.45) is 0 Å². The van der Waals surface area contributed by atoms with Crippen LogP contribution in [0.3, 0.4) is 0 Å². The van der Waals surface area contributed by atoms with Crippen LogP contribution in [0.15, 0.2) is 34.7 Å². The molecule has 3 aromatic rings. The summed E-state index contributed by atoms with van der Waals surface area (Å²) in [6.45, 7) is 1.90. The van der Waals surface area contributed by atoms with Crippen molar-refractivity contribution >= 4 is 28.4 Å². The fourth-order valence-electron chi connectivity index (χ4n) is 1.86. The minimum absolute atomic E-state index is 0.0286. The summed E-state index contributed by atoms with van der Waals surface area (Å²) in [6.07, 6.45) is 0. The van der Waals surface area contributed by atoms with Crippen molar-refractivity contribution in [2.75, 3.05) is 5.73 Å². The third kappa shape index (κ3) is 2.04. The third-order valence-electron chi connectivity index (χ3n) is 2.95. The van der Waals surface area contributed by atoms with E-state index in [0.717, 1.165) is 11.1 Å². The van der Waals surface area contributed by atoms with E-state index in [-0.39, 0.29) is 5.02 Å². The minimum atomic E-state index is -0.523. The summed E-state index contributed by atoms with van der Waals surface area (Å²) in [5, 5.41) is 0.0286. The first-order valence-electron chi connectivity index (χ1n) is 5.66. The van der Waals surface area contributed by atoms with E-state index in [9.17, 15) is 4.39 Å². The molecule has 3 rings (SSSR count). The quantitative estimate of drug-likeness (QED) is 0.678. The number of anilines is 1. The lowest BCUT2D eigenvalue weighted by Gasteiger charge is -2.00. The van der Waals surface area contributed by atoms with Gasteiger partial charge >= 0.3 is 0 Å². The minimum Gasteiger partial charge on any atom is -0.436 e. The first kappa shape index (κ1) is 12.0. The maximum Gasteiger partial charge on any atom is 0.227 e. The Hall–Kier alpha value is -2.07. The zero-order chi connectivity index (χ0) is 13.6. The Morgan fingerprint density at radius 3 is 2.79 bits per heavy atom. The maximum atomic E-state index is 13.3. The number of oxazole rings is 1. The number of aromatic nitrogens is 1. The summed E-state index contributed by atoms with van der Waals surface area (Å²) in [4.78, 5) is 4.30. The first-order chi connectivity index (χ1) is 9.04. The molecule has 2 N–H and O–H groups in total. The summed E-state index contributed by atoms with van der Waals surface area (Å²) in [5.41, 5.74) is 9.08. The van der Waals surface area contributed by atoms with E-state index in [1.807, 2.05) is 19.1 Å². The van der Waals surface area contributed by atoms with Gasteiger partial charge in [0.25, 0.3) is 0 Å². The predicted molar refractivity (Wildman–Crippen MR) is 73.6 cm³/mol. The average Bonchev–Trinajstić information content (AvgIpc) is 2.76. The molecule has 0 amide bonds. The number of nitrogens with zero attached hydrogens (tertiary/aromatic N) is 1. The summed E-state index contributed by atoms with van der Waals surface area (Å²) >= 11 is 5.72. The Labute approximate surface area is 113 Å². The van der Waals surface area contributed by atoms with Crippen LogP contribution in [0.2, 0.25) is 5.02 Å². The highest BCUT2D eigenvalue weighted by atomic mass is 35.5. The van der Waals surface area contributed by atoms with Crippen molar-refractivity contribution in [1.29, 1.82) is 0 Å². The van der Waals surface area contributed by atoms with Crippen LogP contribution in [0, 0.1) is 12.7 Å². The van der Waals surface area contributed by atoms with E-state index in [1.165, 1.54) is 12.1 Å². The van der Waals surface area contributed by atoms with Crippen molar-refractivity contribution in [3.05, 3.63) is 46.7 Å². The number of hydrogen-bond acceptors (Lipinski definition) is 3. The molecule has 0 spiro atoms. The fourth-order valence-corrected chi connectivity index (χ4v) is 2.01. The van der Waals surface area contributed by atoms with E-state index < -0.39 is 5.82 Å². The van der Waals surface area contributed by atoms with Crippen LogP contribution in [0.25, 0.3) is 22.6 Å². The van der Waals surface area contributed by atoms with Crippen LogP contribution < -0.4 is 5.73 Å². The molecular formula is C14H10ClFN2O. The monoisotopic (exact) mass is 276 g/mol. The second kappa shape index (κ2) is 4.24. The lowest BCUT2D eigenvalue weighted by molar-refractivity contribution is 0.602. The van der Waals surface area contributed by atoms with Gasteiger partial charge in [-0.3, -0.25) is 0 Å². The molecule has 0 aliphatic heterocycles.